The molecule has 0 bridgehead atoms. The number of carbonyl (C=O) groups excluding carboxylic acids is 1. The number of carbonyl (C=O) groups is 1. The number of hydrogen-bond acceptors (Lipinski definition) is 1. The van der Waals surface area contributed by atoms with Gasteiger partial charge in [-0.1, -0.05) is 53.0 Å². The number of benzene rings is 2. The van der Waals surface area contributed by atoms with Crippen LogP contribution in [0.1, 0.15) is 21.5 Å². The molecule has 0 saturated carbocycles. The van der Waals surface area contributed by atoms with Crippen LogP contribution in [0.25, 0.3) is 0 Å². The van der Waals surface area contributed by atoms with Crippen LogP contribution >= 0.6 is 23.2 Å². The number of halogens is 2. The maximum atomic E-state index is 12.0. The van der Waals surface area contributed by atoms with Gasteiger partial charge in [-0.15, -0.1) is 0 Å². The molecule has 0 saturated heterocycles. The highest BCUT2D eigenvalue weighted by atomic mass is 35.5. The summed E-state index contributed by atoms with van der Waals surface area (Å²) in [4.78, 5) is 12.0. The van der Waals surface area contributed by atoms with Crippen LogP contribution in [0.5, 0.6) is 0 Å². The molecule has 19 heavy (non-hydrogen) atoms. The highest BCUT2D eigenvalue weighted by Crippen LogP contribution is 2.20. The molecule has 2 aromatic carbocycles. The van der Waals surface area contributed by atoms with Crippen molar-refractivity contribution in [3.8, 4) is 0 Å². The molecule has 98 valence electrons. The number of hydrogen-bond donors (Lipinski definition) is 1. The monoisotopic (exact) mass is 293 g/mol. The largest absolute Gasteiger partial charge is 0.348 e. The molecule has 0 aromatic heterocycles. The quantitative estimate of drug-likeness (QED) is 0.901. The molecular weight excluding hydrogens is 281 g/mol. The standard InChI is InChI=1S/C15H13Cl2NO/c1-10-3-2-4-11(7-10)9-18-15(19)13-8-12(16)5-6-14(13)17/h2-8H,9H2,1H3,(H,18,19). The molecule has 2 nitrogen and oxygen atoms in total. The second kappa shape index (κ2) is 6.09. The van der Waals surface area contributed by atoms with E-state index < -0.39 is 0 Å². The summed E-state index contributed by atoms with van der Waals surface area (Å²) in [6, 6.07) is 12.8. The van der Waals surface area contributed by atoms with Crippen LogP contribution < -0.4 is 5.32 Å². The first-order valence-corrected chi connectivity index (χ1v) is 6.60. The van der Waals surface area contributed by atoms with E-state index in [9.17, 15) is 4.79 Å². The topological polar surface area (TPSA) is 29.1 Å². The van der Waals surface area contributed by atoms with Crippen LogP contribution in [0.3, 0.4) is 0 Å². The molecule has 0 heterocycles. The van der Waals surface area contributed by atoms with Gasteiger partial charge >= 0.3 is 0 Å². The number of nitrogens with one attached hydrogen (secondary N) is 1. The summed E-state index contributed by atoms with van der Waals surface area (Å²) in [5.41, 5.74) is 2.60. The van der Waals surface area contributed by atoms with Crippen molar-refractivity contribution >= 4 is 29.1 Å². The molecule has 0 aliphatic carbocycles. The van der Waals surface area contributed by atoms with Crippen molar-refractivity contribution in [2.45, 2.75) is 13.5 Å². The second-order valence-electron chi connectivity index (χ2n) is 4.30. The van der Waals surface area contributed by atoms with E-state index in [0.29, 0.717) is 22.2 Å². The lowest BCUT2D eigenvalue weighted by atomic mass is 10.1. The van der Waals surface area contributed by atoms with Crippen molar-refractivity contribution < 1.29 is 4.79 Å². The van der Waals surface area contributed by atoms with Crippen molar-refractivity contribution in [2.24, 2.45) is 0 Å². The van der Waals surface area contributed by atoms with E-state index in [2.05, 4.69) is 5.32 Å². The molecule has 1 amide bonds. The summed E-state index contributed by atoms with van der Waals surface area (Å²) in [5, 5.41) is 3.71. The Labute approximate surface area is 122 Å². The maximum absolute atomic E-state index is 12.0. The zero-order valence-corrected chi connectivity index (χ0v) is 11.9. The van der Waals surface area contributed by atoms with E-state index in [-0.39, 0.29) is 5.91 Å². The smallest absolute Gasteiger partial charge is 0.253 e. The summed E-state index contributed by atoms with van der Waals surface area (Å²) in [5.74, 6) is -0.228. The average molecular weight is 294 g/mol. The summed E-state index contributed by atoms with van der Waals surface area (Å²) in [6.45, 7) is 2.47. The fourth-order valence-electron chi connectivity index (χ4n) is 1.77. The fourth-order valence-corrected chi connectivity index (χ4v) is 2.15. The third-order valence-corrected chi connectivity index (χ3v) is 3.27. The Morgan fingerprint density at radius 3 is 2.68 bits per heavy atom. The SMILES string of the molecule is Cc1cccc(CNC(=O)c2cc(Cl)ccc2Cl)c1. The van der Waals surface area contributed by atoms with E-state index in [0.717, 1.165) is 11.1 Å². The Hall–Kier alpha value is -1.51. The Bertz CT molecular complexity index is 611. The normalized spacial score (nSPS) is 10.3. The van der Waals surface area contributed by atoms with Gasteiger partial charge in [-0.3, -0.25) is 4.79 Å². The zero-order valence-electron chi connectivity index (χ0n) is 10.4. The third-order valence-electron chi connectivity index (χ3n) is 2.71. The first kappa shape index (κ1) is 13.9. The Balaban J connectivity index is 2.07. The van der Waals surface area contributed by atoms with Crippen molar-refractivity contribution in [3.63, 3.8) is 0 Å². The molecule has 0 unspecified atom stereocenters. The first-order valence-electron chi connectivity index (χ1n) is 5.85. The highest BCUT2D eigenvalue weighted by molar-refractivity contribution is 6.35. The van der Waals surface area contributed by atoms with Gasteiger partial charge in [-0.05, 0) is 30.7 Å². The van der Waals surface area contributed by atoms with Crippen molar-refractivity contribution in [1.82, 2.24) is 5.32 Å². The number of aryl methyl sites for hydroxylation is 1. The van der Waals surface area contributed by atoms with Crippen molar-refractivity contribution in [2.75, 3.05) is 0 Å². The Kier molecular flexibility index (Phi) is 4.46. The van der Waals surface area contributed by atoms with Gasteiger partial charge in [0.1, 0.15) is 0 Å². The molecule has 2 aromatic rings. The summed E-state index contributed by atoms with van der Waals surface area (Å²) < 4.78 is 0. The van der Waals surface area contributed by atoms with Crippen LogP contribution in [0.15, 0.2) is 42.5 Å². The molecule has 4 heteroatoms. The van der Waals surface area contributed by atoms with Crippen molar-refractivity contribution in [1.29, 1.82) is 0 Å². The molecule has 0 aliphatic rings. The van der Waals surface area contributed by atoms with Gasteiger partial charge in [0.05, 0.1) is 10.6 Å². The summed E-state index contributed by atoms with van der Waals surface area (Å²) >= 11 is 11.8. The summed E-state index contributed by atoms with van der Waals surface area (Å²) in [7, 11) is 0. The second-order valence-corrected chi connectivity index (χ2v) is 5.14. The van der Waals surface area contributed by atoms with E-state index in [1.54, 1.807) is 18.2 Å². The average Bonchev–Trinajstić information content (AvgIpc) is 2.39. The minimum atomic E-state index is -0.228. The number of rotatable bonds is 3. The molecule has 2 rings (SSSR count). The van der Waals surface area contributed by atoms with Gasteiger partial charge in [0.2, 0.25) is 0 Å². The molecule has 0 atom stereocenters. The minimum absolute atomic E-state index is 0.228. The molecule has 0 radical (unpaired) electrons. The predicted octanol–water partition coefficient (Wildman–Crippen LogP) is 4.23. The van der Waals surface area contributed by atoms with Gasteiger partial charge in [-0.2, -0.15) is 0 Å². The predicted molar refractivity (Wildman–Crippen MR) is 78.8 cm³/mol. The van der Waals surface area contributed by atoms with Crippen LogP contribution in [-0.4, -0.2) is 5.91 Å². The van der Waals surface area contributed by atoms with Crippen LogP contribution in [0.4, 0.5) is 0 Å². The molecule has 0 spiro atoms. The molecular formula is C15H13Cl2NO. The van der Waals surface area contributed by atoms with Gasteiger partial charge < -0.3 is 5.32 Å². The van der Waals surface area contributed by atoms with Crippen LogP contribution in [0, 0.1) is 6.92 Å². The van der Waals surface area contributed by atoms with Crippen LogP contribution in [-0.2, 0) is 6.54 Å². The lowest BCUT2D eigenvalue weighted by molar-refractivity contribution is 0.0951. The van der Waals surface area contributed by atoms with Gasteiger partial charge in [-0.25, -0.2) is 0 Å². The third kappa shape index (κ3) is 3.72. The Morgan fingerprint density at radius 1 is 1.16 bits per heavy atom. The van der Waals surface area contributed by atoms with Gasteiger partial charge in [0, 0.05) is 11.6 Å². The minimum Gasteiger partial charge on any atom is -0.348 e. The van der Waals surface area contributed by atoms with E-state index >= 15 is 0 Å². The Morgan fingerprint density at radius 2 is 1.95 bits per heavy atom. The van der Waals surface area contributed by atoms with Gasteiger partial charge in [0.15, 0.2) is 0 Å². The lowest BCUT2D eigenvalue weighted by Crippen LogP contribution is -2.23. The number of amides is 1. The van der Waals surface area contributed by atoms with E-state index in [1.165, 1.54) is 0 Å². The molecule has 1 N–H and O–H groups in total. The molecule has 0 fully saturated rings. The highest BCUT2D eigenvalue weighted by Gasteiger charge is 2.10. The fraction of sp³-hybridized carbons (Fsp3) is 0.133. The summed E-state index contributed by atoms with van der Waals surface area (Å²) in [6.07, 6.45) is 0. The zero-order chi connectivity index (χ0) is 13.8. The first-order chi connectivity index (χ1) is 9.06. The van der Waals surface area contributed by atoms with Crippen LogP contribution in [0.2, 0.25) is 10.0 Å². The van der Waals surface area contributed by atoms with Gasteiger partial charge in [0.25, 0.3) is 5.91 Å². The van der Waals surface area contributed by atoms with E-state index in [1.807, 2.05) is 31.2 Å². The lowest BCUT2D eigenvalue weighted by Gasteiger charge is -2.08. The van der Waals surface area contributed by atoms with Crippen molar-refractivity contribution in [3.05, 3.63) is 69.2 Å². The van der Waals surface area contributed by atoms with E-state index in [4.69, 9.17) is 23.2 Å². The molecule has 0 aliphatic heterocycles. The maximum Gasteiger partial charge on any atom is 0.253 e.